The Morgan fingerprint density at radius 3 is 2.56 bits per heavy atom. The number of benzene rings is 1. The molecule has 0 aliphatic rings. The Kier molecular flexibility index (Phi) is 7.65. The lowest BCUT2D eigenvalue weighted by Crippen LogP contribution is -2.38. The van der Waals surface area contributed by atoms with E-state index in [2.05, 4.69) is 42.2 Å². The van der Waals surface area contributed by atoms with Crippen molar-refractivity contribution in [2.45, 2.75) is 32.4 Å². The Balaban J connectivity index is 2.60. The van der Waals surface area contributed by atoms with Gasteiger partial charge in [-0.1, -0.05) is 37.3 Å². The van der Waals surface area contributed by atoms with Crippen molar-refractivity contribution in [3.05, 3.63) is 35.9 Å². The Hall–Kier alpha value is -0.900. The molecule has 18 heavy (non-hydrogen) atoms. The summed E-state index contributed by atoms with van der Waals surface area (Å²) in [6.07, 6.45) is 2.16. The highest BCUT2D eigenvalue weighted by atomic mass is 16.5. The van der Waals surface area contributed by atoms with Gasteiger partial charge in [-0.05, 0) is 31.5 Å². The molecule has 0 aliphatic carbocycles. The van der Waals surface area contributed by atoms with Crippen LogP contribution in [0.1, 0.15) is 25.3 Å². The van der Waals surface area contributed by atoms with E-state index in [1.54, 1.807) is 7.11 Å². The predicted octanol–water partition coefficient (Wildman–Crippen LogP) is 2.26. The van der Waals surface area contributed by atoms with Gasteiger partial charge >= 0.3 is 0 Å². The minimum absolute atomic E-state index is 0.462. The number of hydrogen-bond acceptors (Lipinski definition) is 3. The average Bonchev–Trinajstić information content (AvgIpc) is 2.42. The molecule has 0 bridgehead atoms. The maximum atomic E-state index is 5.61. The first-order valence-corrected chi connectivity index (χ1v) is 6.78. The number of methoxy groups -OCH3 is 1. The molecule has 0 saturated carbocycles. The average molecular weight is 250 g/mol. The standard InChI is InChI=1S/C15H26N2O/c1-3-17(12-14-8-5-4-6-9-14)15(13-18-2)10-7-11-16/h4-6,8-9,15H,3,7,10-13,16H2,1-2H3. The zero-order valence-corrected chi connectivity index (χ0v) is 11.6. The molecule has 0 radical (unpaired) electrons. The van der Waals surface area contributed by atoms with Gasteiger partial charge in [0.05, 0.1) is 6.61 Å². The minimum Gasteiger partial charge on any atom is -0.383 e. The van der Waals surface area contributed by atoms with E-state index in [1.807, 2.05) is 0 Å². The second-order valence-corrected chi connectivity index (χ2v) is 4.59. The van der Waals surface area contributed by atoms with Crippen LogP contribution in [0.5, 0.6) is 0 Å². The van der Waals surface area contributed by atoms with Gasteiger partial charge in [-0.25, -0.2) is 0 Å². The molecule has 0 amide bonds. The first-order chi connectivity index (χ1) is 8.81. The van der Waals surface area contributed by atoms with Gasteiger partial charge in [0.2, 0.25) is 0 Å². The topological polar surface area (TPSA) is 38.5 Å². The summed E-state index contributed by atoms with van der Waals surface area (Å²) in [6.45, 7) is 5.75. The smallest absolute Gasteiger partial charge is 0.0618 e. The largest absolute Gasteiger partial charge is 0.383 e. The highest BCUT2D eigenvalue weighted by Crippen LogP contribution is 2.12. The van der Waals surface area contributed by atoms with Gasteiger partial charge in [-0.2, -0.15) is 0 Å². The number of likely N-dealkylation sites (N-methyl/N-ethyl adjacent to an activating group) is 1. The van der Waals surface area contributed by atoms with E-state index in [0.717, 1.165) is 39.1 Å². The van der Waals surface area contributed by atoms with E-state index in [4.69, 9.17) is 10.5 Å². The van der Waals surface area contributed by atoms with Crippen LogP contribution in [0.4, 0.5) is 0 Å². The molecule has 0 heterocycles. The molecule has 1 rings (SSSR count). The maximum absolute atomic E-state index is 5.61. The maximum Gasteiger partial charge on any atom is 0.0618 e. The third-order valence-corrected chi connectivity index (χ3v) is 3.25. The molecule has 0 aromatic heterocycles. The van der Waals surface area contributed by atoms with Crippen LogP contribution >= 0.6 is 0 Å². The molecule has 0 fully saturated rings. The van der Waals surface area contributed by atoms with Crippen molar-refractivity contribution < 1.29 is 4.74 Å². The fourth-order valence-corrected chi connectivity index (χ4v) is 2.23. The number of nitrogens with two attached hydrogens (primary N) is 1. The lowest BCUT2D eigenvalue weighted by molar-refractivity contribution is 0.0826. The van der Waals surface area contributed by atoms with Crippen LogP contribution in [0.2, 0.25) is 0 Å². The summed E-state index contributed by atoms with van der Waals surface area (Å²) in [5.74, 6) is 0. The zero-order valence-electron chi connectivity index (χ0n) is 11.6. The monoisotopic (exact) mass is 250 g/mol. The number of hydrogen-bond donors (Lipinski definition) is 1. The molecule has 0 aliphatic heterocycles. The Labute approximate surface area is 111 Å². The van der Waals surface area contributed by atoms with Crippen LogP contribution in [0, 0.1) is 0 Å². The molecule has 0 saturated heterocycles. The van der Waals surface area contributed by atoms with E-state index in [9.17, 15) is 0 Å². The van der Waals surface area contributed by atoms with Crippen molar-refractivity contribution >= 4 is 0 Å². The molecular formula is C15H26N2O. The minimum atomic E-state index is 0.462. The Bertz CT molecular complexity index is 303. The lowest BCUT2D eigenvalue weighted by atomic mass is 10.1. The molecule has 3 heteroatoms. The number of nitrogens with zero attached hydrogens (tertiary/aromatic N) is 1. The summed E-state index contributed by atoms with van der Waals surface area (Å²) in [4.78, 5) is 2.47. The molecule has 0 spiro atoms. The zero-order chi connectivity index (χ0) is 13.2. The van der Waals surface area contributed by atoms with Gasteiger partial charge in [0.1, 0.15) is 0 Å². The summed E-state index contributed by atoms with van der Waals surface area (Å²) < 4.78 is 5.34. The molecule has 3 nitrogen and oxygen atoms in total. The second kappa shape index (κ2) is 9.09. The molecule has 102 valence electrons. The van der Waals surface area contributed by atoms with E-state index in [1.165, 1.54) is 5.56 Å². The van der Waals surface area contributed by atoms with E-state index in [-0.39, 0.29) is 0 Å². The van der Waals surface area contributed by atoms with Crippen molar-refractivity contribution in [1.82, 2.24) is 4.90 Å². The van der Waals surface area contributed by atoms with Crippen LogP contribution in [0.25, 0.3) is 0 Å². The van der Waals surface area contributed by atoms with Gasteiger partial charge < -0.3 is 10.5 Å². The number of rotatable bonds is 9. The molecular weight excluding hydrogens is 224 g/mol. The van der Waals surface area contributed by atoms with Gasteiger partial charge in [0.15, 0.2) is 0 Å². The first-order valence-electron chi connectivity index (χ1n) is 6.78. The Morgan fingerprint density at radius 2 is 2.00 bits per heavy atom. The summed E-state index contributed by atoms with van der Waals surface area (Å²) in [7, 11) is 1.77. The van der Waals surface area contributed by atoms with E-state index >= 15 is 0 Å². The predicted molar refractivity (Wildman–Crippen MR) is 76.5 cm³/mol. The molecule has 1 aromatic rings. The van der Waals surface area contributed by atoms with Crippen LogP contribution in [-0.2, 0) is 11.3 Å². The number of ether oxygens (including phenoxy) is 1. The third-order valence-electron chi connectivity index (χ3n) is 3.25. The SMILES string of the molecule is CCN(Cc1ccccc1)C(CCCN)COC. The highest BCUT2D eigenvalue weighted by Gasteiger charge is 2.16. The van der Waals surface area contributed by atoms with E-state index < -0.39 is 0 Å². The van der Waals surface area contributed by atoms with E-state index in [0.29, 0.717) is 6.04 Å². The summed E-state index contributed by atoms with van der Waals surface area (Å²) >= 11 is 0. The molecule has 1 unspecified atom stereocenters. The fourth-order valence-electron chi connectivity index (χ4n) is 2.23. The van der Waals surface area contributed by atoms with Crippen molar-refractivity contribution in [3.8, 4) is 0 Å². The van der Waals surface area contributed by atoms with Gasteiger partial charge in [0.25, 0.3) is 0 Å². The van der Waals surface area contributed by atoms with Crippen molar-refractivity contribution in [2.24, 2.45) is 5.73 Å². The van der Waals surface area contributed by atoms with Crippen molar-refractivity contribution in [3.63, 3.8) is 0 Å². The first kappa shape index (κ1) is 15.2. The second-order valence-electron chi connectivity index (χ2n) is 4.59. The van der Waals surface area contributed by atoms with Crippen LogP contribution in [0.3, 0.4) is 0 Å². The quantitative estimate of drug-likeness (QED) is 0.730. The third kappa shape index (κ3) is 5.17. The highest BCUT2D eigenvalue weighted by molar-refractivity contribution is 5.14. The summed E-state index contributed by atoms with van der Waals surface area (Å²) in [5, 5.41) is 0. The van der Waals surface area contributed by atoms with Gasteiger partial charge in [-0.15, -0.1) is 0 Å². The van der Waals surface area contributed by atoms with Crippen molar-refractivity contribution in [2.75, 3.05) is 26.8 Å². The van der Waals surface area contributed by atoms with Gasteiger partial charge in [0, 0.05) is 19.7 Å². The molecule has 1 atom stereocenters. The van der Waals surface area contributed by atoms with Crippen LogP contribution in [0.15, 0.2) is 30.3 Å². The molecule has 1 aromatic carbocycles. The molecule has 2 N–H and O–H groups in total. The van der Waals surface area contributed by atoms with Crippen LogP contribution < -0.4 is 5.73 Å². The fraction of sp³-hybridized carbons (Fsp3) is 0.600. The van der Waals surface area contributed by atoms with Gasteiger partial charge in [-0.3, -0.25) is 4.90 Å². The van der Waals surface area contributed by atoms with Crippen LogP contribution in [-0.4, -0.2) is 37.7 Å². The summed E-state index contributed by atoms with van der Waals surface area (Å²) in [6, 6.07) is 11.1. The lowest BCUT2D eigenvalue weighted by Gasteiger charge is -2.30. The summed E-state index contributed by atoms with van der Waals surface area (Å²) in [5.41, 5.74) is 6.96. The van der Waals surface area contributed by atoms with Crippen molar-refractivity contribution in [1.29, 1.82) is 0 Å². The normalized spacial score (nSPS) is 12.9. The Morgan fingerprint density at radius 1 is 1.28 bits per heavy atom.